The van der Waals surface area contributed by atoms with Gasteiger partial charge in [0.25, 0.3) is 5.91 Å². The van der Waals surface area contributed by atoms with E-state index < -0.39 is 17.9 Å². The van der Waals surface area contributed by atoms with Crippen LogP contribution in [-0.4, -0.2) is 27.6 Å². The summed E-state index contributed by atoms with van der Waals surface area (Å²) in [5.41, 5.74) is 6.84. The number of primary amides is 1. The zero-order valence-electron chi connectivity index (χ0n) is 15.6. The fourth-order valence-corrected chi connectivity index (χ4v) is 3.03. The molecular formula is C20H21ClN4O3. The maximum absolute atomic E-state index is 12.8. The van der Waals surface area contributed by atoms with Gasteiger partial charge < -0.3 is 15.5 Å². The Balaban J connectivity index is 1.99. The number of rotatable bonds is 7. The first-order valence-electron chi connectivity index (χ1n) is 8.90. The Hall–Kier alpha value is -3.06. The van der Waals surface area contributed by atoms with Gasteiger partial charge in [0.1, 0.15) is 11.7 Å². The summed E-state index contributed by atoms with van der Waals surface area (Å²) >= 11 is 6.10. The van der Waals surface area contributed by atoms with E-state index in [0.717, 1.165) is 0 Å². The molecule has 2 aromatic heterocycles. The Labute approximate surface area is 167 Å². The van der Waals surface area contributed by atoms with Crippen LogP contribution in [0.2, 0.25) is 5.02 Å². The lowest BCUT2D eigenvalue weighted by molar-refractivity contribution is -0.120. The standard InChI is InChI=1S/C20H21ClN4O3/c1-3-12(2)18(19(22)26)23-20(27)15-11-16(17-8-5-9-28-17)25(24-15)14-7-4-6-13(21)10-14/h4-12,18H,3H2,1-2H3,(H2,22,26)(H,23,27). The predicted molar refractivity (Wildman–Crippen MR) is 106 cm³/mol. The lowest BCUT2D eigenvalue weighted by Crippen LogP contribution is -2.48. The molecule has 8 heteroatoms. The highest BCUT2D eigenvalue weighted by Gasteiger charge is 2.26. The molecule has 3 rings (SSSR count). The second-order valence-electron chi connectivity index (χ2n) is 6.52. The monoisotopic (exact) mass is 400 g/mol. The highest BCUT2D eigenvalue weighted by atomic mass is 35.5. The number of carbonyl (C=O) groups excluding carboxylic acids is 2. The molecule has 2 atom stereocenters. The van der Waals surface area contributed by atoms with Crippen LogP contribution in [-0.2, 0) is 4.79 Å². The van der Waals surface area contributed by atoms with Crippen LogP contribution in [0.3, 0.4) is 0 Å². The number of halogens is 1. The van der Waals surface area contributed by atoms with Crippen LogP contribution >= 0.6 is 11.6 Å². The number of nitrogens with zero attached hydrogens (tertiary/aromatic N) is 2. The molecule has 1 aromatic carbocycles. The Bertz CT molecular complexity index is 981. The Morgan fingerprint density at radius 1 is 1.29 bits per heavy atom. The molecule has 3 N–H and O–H groups in total. The van der Waals surface area contributed by atoms with Crippen LogP contribution < -0.4 is 11.1 Å². The molecule has 0 fully saturated rings. The van der Waals surface area contributed by atoms with Crippen molar-refractivity contribution in [1.29, 1.82) is 0 Å². The van der Waals surface area contributed by atoms with Crippen molar-refractivity contribution >= 4 is 23.4 Å². The minimum Gasteiger partial charge on any atom is -0.463 e. The summed E-state index contributed by atoms with van der Waals surface area (Å²) in [5.74, 6) is -0.623. The summed E-state index contributed by atoms with van der Waals surface area (Å²) in [7, 11) is 0. The summed E-state index contributed by atoms with van der Waals surface area (Å²) in [6.07, 6.45) is 2.24. The van der Waals surface area contributed by atoms with E-state index in [-0.39, 0.29) is 11.6 Å². The number of benzene rings is 1. The molecule has 0 aliphatic heterocycles. The minimum atomic E-state index is -0.777. The van der Waals surface area contributed by atoms with E-state index in [2.05, 4.69) is 10.4 Å². The number of hydrogen-bond donors (Lipinski definition) is 2. The topological polar surface area (TPSA) is 103 Å². The third kappa shape index (κ3) is 4.09. The first kappa shape index (κ1) is 19.7. The Kier molecular flexibility index (Phi) is 5.84. The molecule has 7 nitrogen and oxygen atoms in total. The summed E-state index contributed by atoms with van der Waals surface area (Å²) in [4.78, 5) is 24.5. The van der Waals surface area contributed by atoms with Gasteiger partial charge in [-0.2, -0.15) is 5.10 Å². The van der Waals surface area contributed by atoms with E-state index in [4.69, 9.17) is 21.8 Å². The lowest BCUT2D eigenvalue weighted by atomic mass is 9.98. The van der Waals surface area contributed by atoms with Gasteiger partial charge in [-0.3, -0.25) is 9.59 Å². The van der Waals surface area contributed by atoms with Gasteiger partial charge in [0.15, 0.2) is 11.5 Å². The van der Waals surface area contributed by atoms with Gasteiger partial charge in [-0.15, -0.1) is 0 Å². The molecule has 0 saturated carbocycles. The molecule has 0 bridgehead atoms. The van der Waals surface area contributed by atoms with Crippen LogP contribution in [0.4, 0.5) is 0 Å². The number of furan rings is 1. The molecule has 2 unspecified atom stereocenters. The van der Waals surface area contributed by atoms with E-state index in [1.807, 2.05) is 19.9 Å². The Morgan fingerprint density at radius 3 is 2.68 bits per heavy atom. The van der Waals surface area contributed by atoms with Gasteiger partial charge in [-0.1, -0.05) is 37.9 Å². The van der Waals surface area contributed by atoms with E-state index in [1.54, 1.807) is 41.1 Å². The molecule has 0 aliphatic rings. The third-order valence-corrected chi connectivity index (χ3v) is 4.81. The average Bonchev–Trinajstić information content (AvgIpc) is 3.34. The summed E-state index contributed by atoms with van der Waals surface area (Å²) in [6, 6.07) is 11.4. The fourth-order valence-electron chi connectivity index (χ4n) is 2.84. The second kappa shape index (κ2) is 8.31. The van der Waals surface area contributed by atoms with Crippen LogP contribution in [0.25, 0.3) is 17.1 Å². The summed E-state index contributed by atoms with van der Waals surface area (Å²) in [6.45, 7) is 3.78. The van der Waals surface area contributed by atoms with Crippen molar-refractivity contribution in [3.05, 3.63) is 59.4 Å². The van der Waals surface area contributed by atoms with Crippen molar-refractivity contribution in [3.8, 4) is 17.1 Å². The predicted octanol–water partition coefficient (Wildman–Crippen LogP) is 3.42. The zero-order chi connectivity index (χ0) is 20.3. The number of aromatic nitrogens is 2. The molecule has 3 aromatic rings. The van der Waals surface area contributed by atoms with Crippen molar-refractivity contribution in [2.24, 2.45) is 11.7 Å². The molecule has 2 amide bonds. The molecular weight excluding hydrogens is 380 g/mol. The molecule has 0 spiro atoms. The van der Waals surface area contributed by atoms with Crippen LogP contribution in [0, 0.1) is 5.92 Å². The maximum atomic E-state index is 12.8. The smallest absolute Gasteiger partial charge is 0.272 e. The number of nitrogens with two attached hydrogens (primary N) is 1. The number of nitrogens with one attached hydrogen (secondary N) is 1. The van der Waals surface area contributed by atoms with Gasteiger partial charge in [-0.05, 0) is 36.2 Å². The van der Waals surface area contributed by atoms with E-state index in [9.17, 15) is 9.59 Å². The second-order valence-corrected chi connectivity index (χ2v) is 6.96. The zero-order valence-corrected chi connectivity index (χ0v) is 16.3. The van der Waals surface area contributed by atoms with Gasteiger partial charge in [-0.25, -0.2) is 4.68 Å². The highest BCUT2D eigenvalue weighted by Crippen LogP contribution is 2.26. The van der Waals surface area contributed by atoms with Crippen molar-refractivity contribution in [1.82, 2.24) is 15.1 Å². The van der Waals surface area contributed by atoms with Crippen LogP contribution in [0.1, 0.15) is 30.8 Å². The quantitative estimate of drug-likeness (QED) is 0.634. The Morgan fingerprint density at radius 2 is 2.07 bits per heavy atom. The van der Waals surface area contributed by atoms with Crippen molar-refractivity contribution in [3.63, 3.8) is 0 Å². The van der Waals surface area contributed by atoms with Crippen molar-refractivity contribution in [2.45, 2.75) is 26.3 Å². The van der Waals surface area contributed by atoms with Gasteiger partial charge in [0, 0.05) is 11.1 Å². The average molecular weight is 401 g/mol. The van der Waals surface area contributed by atoms with Crippen LogP contribution in [0.5, 0.6) is 0 Å². The number of hydrogen-bond acceptors (Lipinski definition) is 4. The molecule has 28 heavy (non-hydrogen) atoms. The first-order valence-corrected chi connectivity index (χ1v) is 9.28. The third-order valence-electron chi connectivity index (χ3n) is 4.57. The lowest BCUT2D eigenvalue weighted by Gasteiger charge is -2.20. The molecule has 146 valence electrons. The first-order chi connectivity index (χ1) is 13.4. The van der Waals surface area contributed by atoms with E-state index in [1.165, 1.54) is 6.26 Å². The van der Waals surface area contributed by atoms with Gasteiger partial charge in [0.05, 0.1) is 12.0 Å². The molecule has 2 heterocycles. The largest absolute Gasteiger partial charge is 0.463 e. The number of carbonyl (C=O) groups is 2. The van der Waals surface area contributed by atoms with Crippen molar-refractivity contribution < 1.29 is 14.0 Å². The maximum Gasteiger partial charge on any atom is 0.272 e. The summed E-state index contributed by atoms with van der Waals surface area (Å²) < 4.78 is 7.05. The van der Waals surface area contributed by atoms with Gasteiger partial charge in [0.2, 0.25) is 5.91 Å². The summed E-state index contributed by atoms with van der Waals surface area (Å²) in [5, 5.41) is 7.63. The normalized spacial score (nSPS) is 13.1. The van der Waals surface area contributed by atoms with Crippen molar-refractivity contribution in [2.75, 3.05) is 0 Å². The molecule has 0 saturated heterocycles. The number of amides is 2. The fraction of sp³-hybridized carbons (Fsp3) is 0.250. The highest BCUT2D eigenvalue weighted by molar-refractivity contribution is 6.30. The molecule has 0 radical (unpaired) electrons. The minimum absolute atomic E-state index is 0.0963. The van der Waals surface area contributed by atoms with E-state index >= 15 is 0 Å². The van der Waals surface area contributed by atoms with Crippen LogP contribution in [0.15, 0.2) is 53.1 Å². The van der Waals surface area contributed by atoms with E-state index in [0.29, 0.717) is 28.6 Å². The van der Waals surface area contributed by atoms with Gasteiger partial charge >= 0.3 is 0 Å². The molecule has 0 aliphatic carbocycles. The SMILES string of the molecule is CCC(C)C(NC(=O)c1cc(-c2ccco2)n(-c2cccc(Cl)c2)n1)C(N)=O.